The highest BCUT2D eigenvalue weighted by atomic mass is 32.2. The summed E-state index contributed by atoms with van der Waals surface area (Å²) in [5, 5.41) is 2.97. The van der Waals surface area contributed by atoms with Gasteiger partial charge in [-0.2, -0.15) is 17.0 Å². The van der Waals surface area contributed by atoms with Crippen LogP contribution in [-0.2, 0) is 26.2 Å². The predicted octanol–water partition coefficient (Wildman–Crippen LogP) is 1.03. The molecule has 2 fully saturated rings. The summed E-state index contributed by atoms with van der Waals surface area (Å²) in [4.78, 5) is 12.6. The lowest BCUT2D eigenvalue weighted by Crippen LogP contribution is -2.53. The van der Waals surface area contributed by atoms with Crippen molar-refractivity contribution in [3.63, 3.8) is 0 Å². The molecule has 2 heterocycles. The number of morpholine rings is 1. The third kappa shape index (κ3) is 5.91. The van der Waals surface area contributed by atoms with Crippen molar-refractivity contribution in [2.75, 3.05) is 52.5 Å². The summed E-state index contributed by atoms with van der Waals surface area (Å²) in [7, 11) is -3.53. The molecule has 1 aromatic rings. The Hall–Kier alpha value is -1.68. The Morgan fingerprint density at radius 1 is 1.17 bits per heavy atom. The van der Waals surface area contributed by atoms with E-state index in [0.29, 0.717) is 58.8 Å². The number of hydrogen-bond acceptors (Lipinski definition) is 5. The average molecular weight is 426 g/mol. The Labute approximate surface area is 173 Å². The van der Waals surface area contributed by atoms with E-state index in [1.807, 2.05) is 31.2 Å². The topological polar surface area (TPSA) is 88.2 Å². The zero-order valence-corrected chi connectivity index (χ0v) is 17.8. The minimum absolute atomic E-state index is 0.0715. The van der Waals surface area contributed by atoms with Gasteiger partial charge in [-0.3, -0.25) is 4.79 Å². The number of ether oxygens (including phenoxy) is 2. The van der Waals surface area contributed by atoms with Gasteiger partial charge in [0, 0.05) is 32.7 Å². The molecular formula is C20H31N3O5S. The second kappa shape index (κ2) is 10.4. The van der Waals surface area contributed by atoms with Crippen molar-refractivity contribution in [3.05, 3.63) is 29.8 Å². The van der Waals surface area contributed by atoms with Gasteiger partial charge in [-0.15, -0.1) is 0 Å². The van der Waals surface area contributed by atoms with Gasteiger partial charge in [0.1, 0.15) is 5.75 Å². The number of benzene rings is 1. The molecule has 2 aliphatic heterocycles. The summed E-state index contributed by atoms with van der Waals surface area (Å²) in [5.74, 6) is 0.460. The third-order valence-corrected chi connectivity index (χ3v) is 7.33. The number of nitrogens with one attached hydrogen (secondary N) is 1. The minimum Gasteiger partial charge on any atom is -0.494 e. The molecule has 162 valence electrons. The van der Waals surface area contributed by atoms with Gasteiger partial charge in [0.15, 0.2) is 0 Å². The second-order valence-electron chi connectivity index (χ2n) is 7.33. The molecule has 1 N–H and O–H groups in total. The maximum Gasteiger partial charge on any atom is 0.282 e. The molecule has 0 unspecified atom stereocenters. The van der Waals surface area contributed by atoms with Crippen LogP contribution in [0, 0.1) is 5.92 Å². The second-order valence-corrected chi connectivity index (χ2v) is 9.26. The largest absolute Gasteiger partial charge is 0.494 e. The molecule has 1 amide bonds. The van der Waals surface area contributed by atoms with Gasteiger partial charge in [0.05, 0.1) is 25.7 Å². The van der Waals surface area contributed by atoms with E-state index in [-0.39, 0.29) is 18.4 Å². The molecule has 0 aromatic heterocycles. The zero-order chi connectivity index (χ0) is 20.7. The van der Waals surface area contributed by atoms with Gasteiger partial charge < -0.3 is 14.8 Å². The van der Waals surface area contributed by atoms with Crippen molar-refractivity contribution < 1.29 is 22.7 Å². The van der Waals surface area contributed by atoms with Gasteiger partial charge in [-0.05, 0) is 43.9 Å². The number of carbonyl (C=O) groups excluding carboxylic acids is 1. The first kappa shape index (κ1) is 22.0. The number of amides is 1. The highest BCUT2D eigenvalue weighted by molar-refractivity contribution is 7.86. The van der Waals surface area contributed by atoms with Crippen LogP contribution in [0.2, 0.25) is 0 Å². The molecule has 29 heavy (non-hydrogen) atoms. The predicted molar refractivity (Wildman–Crippen MR) is 110 cm³/mol. The molecule has 0 radical (unpaired) electrons. The molecule has 8 nitrogen and oxygen atoms in total. The monoisotopic (exact) mass is 425 g/mol. The molecule has 2 saturated heterocycles. The van der Waals surface area contributed by atoms with Crippen molar-refractivity contribution in [3.8, 4) is 5.75 Å². The average Bonchev–Trinajstić information content (AvgIpc) is 2.76. The number of carbonyl (C=O) groups is 1. The van der Waals surface area contributed by atoms with E-state index in [0.717, 1.165) is 17.7 Å². The molecule has 3 rings (SSSR count). The highest BCUT2D eigenvalue weighted by Gasteiger charge is 2.36. The highest BCUT2D eigenvalue weighted by Crippen LogP contribution is 2.22. The van der Waals surface area contributed by atoms with E-state index in [9.17, 15) is 13.2 Å². The van der Waals surface area contributed by atoms with Crippen molar-refractivity contribution in [2.24, 2.45) is 5.92 Å². The standard InChI is InChI=1S/C20H31N3O5S/c1-2-28-19-7-5-17(6-8-19)9-10-21-20(24)18-4-3-11-23(16-18)29(25,26)22-12-14-27-15-13-22/h5-8,18H,2-4,9-16H2,1H3,(H,21,24)/t18-/m0/s1. The Bertz CT molecular complexity index is 763. The van der Waals surface area contributed by atoms with E-state index in [4.69, 9.17) is 9.47 Å². The Morgan fingerprint density at radius 3 is 2.59 bits per heavy atom. The number of nitrogens with zero attached hydrogens (tertiary/aromatic N) is 2. The maximum atomic E-state index is 12.8. The summed E-state index contributed by atoms with van der Waals surface area (Å²) in [6.45, 7) is 5.40. The van der Waals surface area contributed by atoms with Crippen LogP contribution in [-0.4, -0.2) is 75.5 Å². The van der Waals surface area contributed by atoms with Crippen molar-refractivity contribution in [1.29, 1.82) is 0 Å². The van der Waals surface area contributed by atoms with Gasteiger partial charge in [0.25, 0.3) is 10.2 Å². The van der Waals surface area contributed by atoms with E-state index >= 15 is 0 Å². The van der Waals surface area contributed by atoms with Crippen LogP contribution in [0.5, 0.6) is 5.75 Å². The fourth-order valence-corrected chi connectivity index (χ4v) is 5.37. The van der Waals surface area contributed by atoms with Crippen LogP contribution in [0.1, 0.15) is 25.3 Å². The van der Waals surface area contributed by atoms with E-state index in [2.05, 4.69) is 5.32 Å². The first-order valence-corrected chi connectivity index (χ1v) is 11.7. The molecule has 0 bridgehead atoms. The third-order valence-electron chi connectivity index (χ3n) is 5.32. The Morgan fingerprint density at radius 2 is 1.90 bits per heavy atom. The molecular weight excluding hydrogens is 394 g/mol. The summed E-state index contributed by atoms with van der Waals surface area (Å²) >= 11 is 0. The maximum absolute atomic E-state index is 12.8. The summed E-state index contributed by atoms with van der Waals surface area (Å²) in [5.41, 5.74) is 1.12. The number of piperidine rings is 1. The van der Waals surface area contributed by atoms with Gasteiger partial charge in [-0.25, -0.2) is 0 Å². The molecule has 2 aliphatic rings. The summed E-state index contributed by atoms with van der Waals surface area (Å²) < 4.78 is 39.3. The molecule has 0 saturated carbocycles. The van der Waals surface area contributed by atoms with E-state index < -0.39 is 10.2 Å². The van der Waals surface area contributed by atoms with Crippen molar-refractivity contribution in [2.45, 2.75) is 26.2 Å². The summed E-state index contributed by atoms with van der Waals surface area (Å²) in [6.07, 6.45) is 2.13. The lowest BCUT2D eigenvalue weighted by Gasteiger charge is -2.36. The van der Waals surface area contributed by atoms with Gasteiger partial charge in [-0.1, -0.05) is 12.1 Å². The van der Waals surface area contributed by atoms with E-state index in [1.54, 1.807) is 0 Å². The Balaban J connectivity index is 1.47. The van der Waals surface area contributed by atoms with Gasteiger partial charge in [0.2, 0.25) is 5.91 Å². The van der Waals surface area contributed by atoms with Crippen molar-refractivity contribution in [1.82, 2.24) is 13.9 Å². The smallest absolute Gasteiger partial charge is 0.282 e. The quantitative estimate of drug-likeness (QED) is 0.672. The molecule has 1 aromatic carbocycles. The lowest BCUT2D eigenvalue weighted by molar-refractivity contribution is -0.126. The van der Waals surface area contributed by atoms with Crippen LogP contribution < -0.4 is 10.1 Å². The van der Waals surface area contributed by atoms with E-state index in [1.165, 1.54) is 8.61 Å². The number of rotatable bonds is 8. The Kier molecular flexibility index (Phi) is 7.88. The first-order valence-electron chi connectivity index (χ1n) is 10.3. The van der Waals surface area contributed by atoms with Gasteiger partial charge >= 0.3 is 0 Å². The van der Waals surface area contributed by atoms with Crippen LogP contribution in [0.15, 0.2) is 24.3 Å². The van der Waals surface area contributed by atoms with Crippen molar-refractivity contribution >= 4 is 16.1 Å². The first-order chi connectivity index (χ1) is 14.0. The van der Waals surface area contributed by atoms with Crippen LogP contribution in [0.3, 0.4) is 0 Å². The molecule has 0 aliphatic carbocycles. The normalized spacial score (nSPS) is 21.6. The molecule has 1 atom stereocenters. The molecule has 0 spiro atoms. The van der Waals surface area contributed by atoms with Crippen LogP contribution in [0.25, 0.3) is 0 Å². The fourth-order valence-electron chi connectivity index (χ4n) is 3.70. The summed E-state index contributed by atoms with van der Waals surface area (Å²) in [6, 6.07) is 7.84. The SMILES string of the molecule is CCOc1ccc(CCNC(=O)[C@H]2CCCN(S(=O)(=O)N3CCOCC3)C2)cc1. The zero-order valence-electron chi connectivity index (χ0n) is 17.0. The molecule has 9 heteroatoms. The number of hydrogen-bond donors (Lipinski definition) is 1. The van der Waals surface area contributed by atoms with Crippen LogP contribution >= 0.6 is 0 Å². The lowest BCUT2D eigenvalue weighted by atomic mass is 9.99. The van der Waals surface area contributed by atoms with Crippen LogP contribution in [0.4, 0.5) is 0 Å². The fraction of sp³-hybridized carbons (Fsp3) is 0.650. The minimum atomic E-state index is -3.53.